The molecule has 0 bridgehead atoms. The van der Waals surface area contributed by atoms with Crippen molar-refractivity contribution in [3.63, 3.8) is 0 Å². The minimum Gasteiger partial charge on any atom is -0.421 e. The molecule has 0 unspecified atom stereocenters. The molecule has 3 aromatic rings. The number of hydrogen-bond acceptors (Lipinski definition) is 7. The molecule has 8 nitrogen and oxygen atoms in total. The molecule has 1 heterocycles. The topological polar surface area (TPSA) is 108 Å². The van der Waals surface area contributed by atoms with Crippen molar-refractivity contribution >= 4 is 73.1 Å². The molecule has 0 amide bonds. The predicted molar refractivity (Wildman–Crippen MR) is 137 cm³/mol. The Morgan fingerprint density at radius 2 is 1.77 bits per heavy atom. The van der Waals surface area contributed by atoms with Crippen molar-refractivity contribution in [3.8, 4) is 5.75 Å². The van der Waals surface area contributed by atoms with E-state index in [4.69, 9.17) is 21.1 Å². The van der Waals surface area contributed by atoms with E-state index in [1.54, 1.807) is 24.3 Å². The number of carbonyl (C=O) groups excluding carboxylic acids is 2. The summed E-state index contributed by atoms with van der Waals surface area (Å²) in [6, 6.07) is 14.2. The molecule has 0 radical (unpaired) electrons. The predicted octanol–water partition coefficient (Wildman–Crippen LogP) is 6.65. The van der Waals surface area contributed by atoms with Crippen molar-refractivity contribution in [2.45, 2.75) is 6.92 Å². The molecule has 0 N–H and O–H groups in total. The lowest BCUT2D eigenvalue weighted by molar-refractivity contribution is -0.384. The zero-order valence-corrected chi connectivity index (χ0v) is 21.7. The number of aryl methyl sites for hydroxylation is 1. The first-order chi connectivity index (χ1) is 16.6. The first-order valence-electron chi connectivity index (χ1n) is 9.87. The van der Waals surface area contributed by atoms with Gasteiger partial charge in [-0.2, -0.15) is 0 Å². The summed E-state index contributed by atoms with van der Waals surface area (Å²) in [7, 11) is 0. The zero-order chi connectivity index (χ0) is 25.3. The van der Waals surface area contributed by atoms with Gasteiger partial charge < -0.3 is 9.47 Å². The molecule has 0 fully saturated rings. The summed E-state index contributed by atoms with van der Waals surface area (Å²) in [5.41, 5.74) is 1.87. The fourth-order valence-corrected chi connectivity index (χ4v) is 4.65. The van der Waals surface area contributed by atoms with Crippen LogP contribution in [0.2, 0.25) is 5.02 Å². The molecule has 0 spiro atoms. The minimum absolute atomic E-state index is 0.0131. The molecular formula is C24H13Br2ClN2O6. The van der Waals surface area contributed by atoms with E-state index in [0.717, 1.165) is 5.56 Å². The van der Waals surface area contributed by atoms with Crippen LogP contribution in [0.5, 0.6) is 5.75 Å². The van der Waals surface area contributed by atoms with Crippen LogP contribution in [0, 0.1) is 17.0 Å². The van der Waals surface area contributed by atoms with Gasteiger partial charge in [-0.25, -0.2) is 14.6 Å². The standard InChI is InChI=1S/C24H13Br2ClN2O6/c1-12-2-4-14(5-3-12)23(30)34-21-16(25)8-13(9-17(21)26)10-19-24(31)35-22(28-19)15-6-7-18(27)20(11-15)29(32)33/h2-11H,1H3/b19-10-. The van der Waals surface area contributed by atoms with Crippen LogP contribution in [0.1, 0.15) is 27.0 Å². The molecule has 0 aromatic heterocycles. The first kappa shape index (κ1) is 24.8. The minimum atomic E-state index is -0.722. The normalized spacial score (nSPS) is 14.0. The third kappa shape index (κ3) is 5.50. The third-order valence-corrected chi connectivity index (χ3v) is 6.31. The van der Waals surface area contributed by atoms with E-state index in [2.05, 4.69) is 36.9 Å². The Hall–Kier alpha value is -3.34. The molecule has 11 heteroatoms. The summed E-state index contributed by atoms with van der Waals surface area (Å²) >= 11 is 12.6. The number of hydrogen-bond donors (Lipinski definition) is 0. The summed E-state index contributed by atoms with van der Waals surface area (Å²) < 4.78 is 11.6. The highest BCUT2D eigenvalue weighted by Crippen LogP contribution is 2.36. The van der Waals surface area contributed by atoms with E-state index in [9.17, 15) is 19.7 Å². The SMILES string of the molecule is Cc1ccc(C(=O)Oc2c(Br)cc(/C=C3\N=C(c4ccc(Cl)c([N+](=O)[O-])c4)OC3=O)cc2Br)cc1. The lowest BCUT2D eigenvalue weighted by Gasteiger charge is -2.10. The molecule has 0 saturated heterocycles. The van der Waals surface area contributed by atoms with Crippen LogP contribution >= 0.6 is 43.5 Å². The Kier molecular flexibility index (Phi) is 7.15. The fraction of sp³-hybridized carbons (Fsp3) is 0.0417. The molecule has 4 rings (SSSR count). The van der Waals surface area contributed by atoms with Crippen molar-refractivity contribution in [2.75, 3.05) is 0 Å². The van der Waals surface area contributed by atoms with Gasteiger partial charge in [-0.1, -0.05) is 29.3 Å². The van der Waals surface area contributed by atoms with E-state index in [0.29, 0.717) is 20.1 Å². The number of nitro benzene ring substituents is 1. The number of rotatable bonds is 5. The highest BCUT2D eigenvalue weighted by atomic mass is 79.9. The third-order valence-electron chi connectivity index (χ3n) is 4.82. The molecule has 0 saturated carbocycles. The van der Waals surface area contributed by atoms with Gasteiger partial charge in [0.25, 0.3) is 5.69 Å². The summed E-state index contributed by atoms with van der Waals surface area (Å²) in [6.07, 6.45) is 1.47. The smallest absolute Gasteiger partial charge is 0.363 e. The van der Waals surface area contributed by atoms with E-state index in [1.807, 2.05) is 19.1 Å². The number of aliphatic imine (C=N–C) groups is 1. The van der Waals surface area contributed by atoms with E-state index in [-0.39, 0.29) is 33.6 Å². The Morgan fingerprint density at radius 3 is 2.40 bits per heavy atom. The van der Waals surface area contributed by atoms with Crippen LogP contribution in [0.3, 0.4) is 0 Å². The average molecular weight is 621 g/mol. The maximum Gasteiger partial charge on any atom is 0.363 e. The molecule has 1 aliphatic rings. The van der Waals surface area contributed by atoms with Gasteiger partial charge in [-0.05, 0) is 86.8 Å². The van der Waals surface area contributed by atoms with Gasteiger partial charge in [0.05, 0.1) is 19.4 Å². The second-order valence-corrected chi connectivity index (χ2v) is 9.44. The van der Waals surface area contributed by atoms with Crippen LogP contribution in [0.4, 0.5) is 5.69 Å². The van der Waals surface area contributed by atoms with Gasteiger partial charge in [-0.15, -0.1) is 0 Å². The van der Waals surface area contributed by atoms with Gasteiger partial charge in [0.1, 0.15) is 5.02 Å². The van der Waals surface area contributed by atoms with E-state index < -0.39 is 16.9 Å². The summed E-state index contributed by atoms with van der Waals surface area (Å²) in [5, 5.41) is 11.1. The highest BCUT2D eigenvalue weighted by Gasteiger charge is 2.26. The van der Waals surface area contributed by atoms with Crippen LogP contribution in [0.15, 0.2) is 74.2 Å². The zero-order valence-electron chi connectivity index (χ0n) is 17.8. The van der Waals surface area contributed by atoms with Crippen molar-refractivity contribution in [1.82, 2.24) is 0 Å². The second kappa shape index (κ2) is 10.1. The number of nitrogens with zero attached hydrogens (tertiary/aromatic N) is 2. The van der Waals surface area contributed by atoms with E-state index in [1.165, 1.54) is 24.3 Å². The second-order valence-electron chi connectivity index (χ2n) is 7.33. The number of halogens is 3. The maximum atomic E-state index is 12.5. The number of esters is 2. The molecule has 0 aliphatic carbocycles. The lowest BCUT2D eigenvalue weighted by Crippen LogP contribution is -2.09. The Labute approximate surface area is 220 Å². The summed E-state index contributed by atoms with van der Waals surface area (Å²) in [6.45, 7) is 1.92. The largest absolute Gasteiger partial charge is 0.421 e. The number of cyclic esters (lactones) is 1. The number of nitro groups is 1. The number of benzene rings is 3. The van der Waals surface area contributed by atoms with Crippen LogP contribution in [0.25, 0.3) is 6.08 Å². The van der Waals surface area contributed by atoms with Gasteiger partial charge in [0.2, 0.25) is 5.90 Å². The van der Waals surface area contributed by atoms with Crippen molar-refractivity contribution in [2.24, 2.45) is 4.99 Å². The Morgan fingerprint density at radius 1 is 1.11 bits per heavy atom. The van der Waals surface area contributed by atoms with Gasteiger partial charge in [-0.3, -0.25) is 10.1 Å². The van der Waals surface area contributed by atoms with Gasteiger partial charge in [0, 0.05) is 11.6 Å². The molecule has 0 atom stereocenters. The van der Waals surface area contributed by atoms with Crippen molar-refractivity contribution in [3.05, 3.63) is 107 Å². The molecule has 35 heavy (non-hydrogen) atoms. The first-order valence-corrected chi connectivity index (χ1v) is 11.8. The summed E-state index contributed by atoms with van der Waals surface area (Å²) in [5.74, 6) is -1.06. The van der Waals surface area contributed by atoms with Gasteiger partial charge in [0.15, 0.2) is 11.4 Å². The monoisotopic (exact) mass is 618 g/mol. The lowest BCUT2D eigenvalue weighted by atomic mass is 10.1. The summed E-state index contributed by atoms with van der Waals surface area (Å²) in [4.78, 5) is 39.5. The van der Waals surface area contributed by atoms with Crippen LogP contribution in [-0.2, 0) is 9.53 Å². The number of carbonyl (C=O) groups is 2. The number of ether oxygens (including phenoxy) is 2. The molecular weight excluding hydrogens is 608 g/mol. The van der Waals surface area contributed by atoms with Crippen LogP contribution in [-0.4, -0.2) is 22.8 Å². The quantitative estimate of drug-likeness (QED) is 0.104. The van der Waals surface area contributed by atoms with E-state index >= 15 is 0 Å². The Balaban J connectivity index is 1.60. The van der Waals surface area contributed by atoms with Gasteiger partial charge >= 0.3 is 11.9 Å². The molecule has 176 valence electrons. The maximum absolute atomic E-state index is 12.5. The molecule has 3 aromatic carbocycles. The van der Waals surface area contributed by atoms with Crippen molar-refractivity contribution in [1.29, 1.82) is 0 Å². The fourth-order valence-electron chi connectivity index (χ4n) is 3.08. The Bertz CT molecular complexity index is 1430. The van der Waals surface area contributed by atoms with Crippen molar-refractivity contribution < 1.29 is 24.0 Å². The highest BCUT2D eigenvalue weighted by molar-refractivity contribution is 9.11. The average Bonchev–Trinajstić information content (AvgIpc) is 3.16. The van der Waals surface area contributed by atoms with Crippen LogP contribution < -0.4 is 4.74 Å². The molecule has 1 aliphatic heterocycles.